The summed E-state index contributed by atoms with van der Waals surface area (Å²) in [5.41, 5.74) is 0. The van der Waals surface area contributed by atoms with Crippen LogP contribution in [0.5, 0.6) is 0 Å². The molecule has 1 aromatic rings. The summed E-state index contributed by atoms with van der Waals surface area (Å²) >= 11 is 0. The normalized spacial score (nSPS) is 10.1. The third-order valence-electron chi connectivity index (χ3n) is 2.44. The number of imidazole rings is 1. The van der Waals surface area contributed by atoms with Crippen molar-refractivity contribution < 1.29 is 26.7 Å². The fraction of sp³-hybridized carbons (Fsp3) is 0.700. The van der Waals surface area contributed by atoms with Crippen LogP contribution in [0.2, 0.25) is 0 Å². The van der Waals surface area contributed by atoms with Crippen LogP contribution < -0.4 is 26.9 Å². The molecule has 5 heteroatoms. The lowest BCUT2D eigenvalue weighted by Gasteiger charge is -2.01. The van der Waals surface area contributed by atoms with Crippen molar-refractivity contribution in [2.24, 2.45) is 7.05 Å². The third kappa shape index (κ3) is 4.77. The molecule has 0 aliphatic rings. The SMILES string of the molecule is Cc1n(CCCNCCO)cc[n+]1C.[Br-]. The number of hydrogen-bond acceptors (Lipinski definition) is 2. The van der Waals surface area contributed by atoms with E-state index in [0.29, 0.717) is 6.54 Å². The van der Waals surface area contributed by atoms with Gasteiger partial charge in [0.25, 0.3) is 5.82 Å². The number of aliphatic hydroxyl groups is 1. The van der Waals surface area contributed by atoms with Gasteiger partial charge in [-0.25, -0.2) is 9.13 Å². The van der Waals surface area contributed by atoms with Gasteiger partial charge in [-0.3, -0.25) is 0 Å². The van der Waals surface area contributed by atoms with Gasteiger partial charge in [0.2, 0.25) is 0 Å². The zero-order valence-corrected chi connectivity index (χ0v) is 11.0. The van der Waals surface area contributed by atoms with Crippen molar-refractivity contribution >= 4 is 0 Å². The highest BCUT2D eigenvalue weighted by molar-refractivity contribution is 4.79. The Labute approximate surface area is 102 Å². The van der Waals surface area contributed by atoms with E-state index in [1.165, 1.54) is 5.82 Å². The van der Waals surface area contributed by atoms with Gasteiger partial charge in [0.1, 0.15) is 12.4 Å². The van der Waals surface area contributed by atoms with Gasteiger partial charge in [-0.05, 0) is 13.0 Å². The smallest absolute Gasteiger partial charge is 0.253 e. The number of hydrogen-bond donors (Lipinski definition) is 2. The molecule has 0 unspecified atom stereocenters. The van der Waals surface area contributed by atoms with Crippen LogP contribution in [0.4, 0.5) is 0 Å². The molecule has 2 N–H and O–H groups in total. The van der Waals surface area contributed by atoms with Crippen LogP contribution in [0.1, 0.15) is 12.2 Å². The van der Waals surface area contributed by atoms with Gasteiger partial charge in [-0.1, -0.05) is 0 Å². The summed E-state index contributed by atoms with van der Waals surface area (Å²) in [6, 6.07) is 0. The minimum Gasteiger partial charge on any atom is -1.00 e. The van der Waals surface area contributed by atoms with Crippen molar-refractivity contribution in [2.75, 3.05) is 19.7 Å². The first-order valence-corrected chi connectivity index (χ1v) is 5.08. The predicted molar refractivity (Wildman–Crippen MR) is 54.9 cm³/mol. The van der Waals surface area contributed by atoms with Crippen LogP contribution in [0, 0.1) is 6.92 Å². The van der Waals surface area contributed by atoms with E-state index in [2.05, 4.69) is 40.8 Å². The molecular weight excluding hydrogens is 258 g/mol. The molecule has 0 aliphatic heterocycles. The largest absolute Gasteiger partial charge is 1.00 e. The van der Waals surface area contributed by atoms with Crippen molar-refractivity contribution in [3.05, 3.63) is 18.2 Å². The molecule has 0 bridgehead atoms. The molecule has 1 aromatic heterocycles. The lowest BCUT2D eigenvalue weighted by molar-refractivity contribution is -0.677. The molecule has 0 spiro atoms. The summed E-state index contributed by atoms with van der Waals surface area (Å²) in [6.07, 6.45) is 5.26. The van der Waals surface area contributed by atoms with E-state index in [0.717, 1.165) is 19.5 Å². The van der Waals surface area contributed by atoms with Gasteiger partial charge in [-0.15, -0.1) is 0 Å². The molecule has 1 rings (SSSR count). The highest BCUT2D eigenvalue weighted by Gasteiger charge is 2.06. The van der Waals surface area contributed by atoms with Gasteiger partial charge < -0.3 is 27.4 Å². The molecule has 15 heavy (non-hydrogen) atoms. The molecule has 0 fully saturated rings. The Kier molecular flexibility index (Phi) is 7.64. The van der Waals surface area contributed by atoms with Crippen molar-refractivity contribution in [1.82, 2.24) is 9.88 Å². The molecule has 0 saturated heterocycles. The molecule has 88 valence electrons. The highest BCUT2D eigenvalue weighted by Crippen LogP contribution is 1.94. The first-order valence-electron chi connectivity index (χ1n) is 5.08. The fourth-order valence-corrected chi connectivity index (χ4v) is 1.41. The number of halogens is 1. The van der Waals surface area contributed by atoms with Crippen molar-refractivity contribution in [3.63, 3.8) is 0 Å². The molecule has 0 radical (unpaired) electrons. The van der Waals surface area contributed by atoms with E-state index in [4.69, 9.17) is 5.11 Å². The van der Waals surface area contributed by atoms with Gasteiger partial charge in [0.05, 0.1) is 20.2 Å². The van der Waals surface area contributed by atoms with E-state index < -0.39 is 0 Å². The van der Waals surface area contributed by atoms with Crippen LogP contribution >= 0.6 is 0 Å². The Hall–Kier alpha value is -0.390. The summed E-state index contributed by atoms with van der Waals surface area (Å²) in [4.78, 5) is 0. The Morgan fingerprint density at radius 1 is 1.47 bits per heavy atom. The third-order valence-corrected chi connectivity index (χ3v) is 2.44. The average molecular weight is 278 g/mol. The monoisotopic (exact) mass is 277 g/mol. The molecule has 0 aromatic carbocycles. The number of aromatic nitrogens is 2. The van der Waals surface area contributed by atoms with Crippen LogP contribution in [0.3, 0.4) is 0 Å². The molecular formula is C10H20BrN3O. The summed E-state index contributed by atoms with van der Waals surface area (Å²) in [6.45, 7) is 5.02. The number of rotatable bonds is 6. The van der Waals surface area contributed by atoms with E-state index in [1.54, 1.807) is 0 Å². The summed E-state index contributed by atoms with van der Waals surface area (Å²) in [5, 5.41) is 11.7. The Morgan fingerprint density at radius 2 is 2.20 bits per heavy atom. The first-order chi connectivity index (χ1) is 6.75. The minimum absolute atomic E-state index is 0. The van der Waals surface area contributed by atoms with Gasteiger partial charge in [-0.2, -0.15) is 0 Å². The molecule has 0 aliphatic carbocycles. The second kappa shape index (κ2) is 7.84. The molecule has 4 nitrogen and oxygen atoms in total. The Balaban J connectivity index is 0.00000196. The van der Waals surface area contributed by atoms with Crippen LogP contribution in [-0.2, 0) is 13.6 Å². The lowest BCUT2D eigenvalue weighted by atomic mass is 10.4. The number of aryl methyl sites for hydroxylation is 2. The standard InChI is InChI=1S/C10H20N3O.BrH/c1-10-12(2)7-8-13(10)6-3-4-11-5-9-14;/h7-8,11,14H,3-6,9H2,1-2H3;1H/q+1;/p-1. The first kappa shape index (κ1) is 14.6. The van der Waals surface area contributed by atoms with Crippen molar-refractivity contribution in [2.45, 2.75) is 19.9 Å². The van der Waals surface area contributed by atoms with Gasteiger partial charge >= 0.3 is 0 Å². The van der Waals surface area contributed by atoms with Crippen molar-refractivity contribution in [1.29, 1.82) is 0 Å². The van der Waals surface area contributed by atoms with E-state index >= 15 is 0 Å². The second-order valence-electron chi connectivity index (χ2n) is 3.48. The maximum absolute atomic E-state index is 8.56. The molecule has 1 heterocycles. The number of nitrogens with one attached hydrogen (secondary N) is 1. The zero-order valence-electron chi connectivity index (χ0n) is 9.41. The topological polar surface area (TPSA) is 41.1 Å². The maximum atomic E-state index is 8.56. The van der Waals surface area contributed by atoms with Gasteiger partial charge in [0, 0.05) is 13.5 Å². The minimum atomic E-state index is 0. The molecule has 0 saturated carbocycles. The van der Waals surface area contributed by atoms with E-state index in [1.807, 2.05) is 0 Å². The van der Waals surface area contributed by atoms with Crippen LogP contribution in [-0.4, -0.2) is 29.4 Å². The van der Waals surface area contributed by atoms with E-state index in [9.17, 15) is 0 Å². The van der Waals surface area contributed by atoms with E-state index in [-0.39, 0.29) is 23.6 Å². The van der Waals surface area contributed by atoms with Crippen LogP contribution in [0.15, 0.2) is 12.4 Å². The Morgan fingerprint density at radius 3 is 2.73 bits per heavy atom. The number of aliphatic hydroxyl groups excluding tert-OH is 1. The zero-order chi connectivity index (χ0) is 10.4. The quantitative estimate of drug-likeness (QED) is 0.421. The Bertz CT molecular complexity index is 276. The average Bonchev–Trinajstić information content (AvgIpc) is 2.49. The summed E-state index contributed by atoms with van der Waals surface area (Å²) < 4.78 is 4.35. The second-order valence-corrected chi connectivity index (χ2v) is 3.48. The van der Waals surface area contributed by atoms with Gasteiger partial charge in [0.15, 0.2) is 0 Å². The molecule has 0 atom stereocenters. The predicted octanol–water partition coefficient (Wildman–Crippen LogP) is -3.40. The maximum Gasteiger partial charge on any atom is 0.253 e. The summed E-state index contributed by atoms with van der Waals surface area (Å²) in [7, 11) is 2.05. The fourth-order valence-electron chi connectivity index (χ4n) is 1.41. The molecule has 0 amide bonds. The number of nitrogens with zero attached hydrogens (tertiary/aromatic N) is 2. The summed E-state index contributed by atoms with van der Waals surface area (Å²) in [5.74, 6) is 1.27. The van der Waals surface area contributed by atoms with Crippen molar-refractivity contribution in [3.8, 4) is 0 Å². The van der Waals surface area contributed by atoms with Crippen LogP contribution in [0.25, 0.3) is 0 Å². The highest BCUT2D eigenvalue weighted by atomic mass is 79.9. The lowest BCUT2D eigenvalue weighted by Crippen LogP contribution is -3.00.